The van der Waals surface area contributed by atoms with Crippen LogP contribution in [0.25, 0.3) is 10.6 Å². The minimum atomic E-state index is -0.550. The maximum absolute atomic E-state index is 14.0. The number of fused-ring (bicyclic) bond motifs is 1. The van der Waals surface area contributed by atoms with Gasteiger partial charge in [-0.3, -0.25) is 14.2 Å². The van der Waals surface area contributed by atoms with Gasteiger partial charge in [-0.25, -0.2) is 14.4 Å². The third-order valence-electron chi connectivity index (χ3n) is 5.08. The minimum Gasteiger partial charge on any atom is -0.299 e. The molecule has 5 nitrogen and oxygen atoms in total. The monoisotopic (exact) mass is 397 g/mol. The molecule has 144 valence electrons. The summed E-state index contributed by atoms with van der Waals surface area (Å²) in [7, 11) is 0. The van der Waals surface area contributed by atoms with Crippen LogP contribution >= 0.6 is 11.3 Å². The Morgan fingerprint density at radius 3 is 2.79 bits per heavy atom. The van der Waals surface area contributed by atoms with Crippen molar-refractivity contribution in [2.45, 2.75) is 45.1 Å². The molecule has 2 aromatic heterocycles. The van der Waals surface area contributed by atoms with E-state index in [4.69, 9.17) is 0 Å². The Bertz CT molecular complexity index is 1100. The molecule has 0 bridgehead atoms. The lowest BCUT2D eigenvalue weighted by atomic mass is 9.82. The van der Waals surface area contributed by atoms with Crippen LogP contribution < -0.4 is 5.56 Å². The van der Waals surface area contributed by atoms with Gasteiger partial charge in [0.25, 0.3) is 5.56 Å². The lowest BCUT2D eigenvalue weighted by Gasteiger charge is -2.24. The van der Waals surface area contributed by atoms with Crippen LogP contribution in [0.3, 0.4) is 0 Å². The number of carbonyl (C=O) groups excluding carboxylic acids is 1. The molecule has 0 fully saturated rings. The van der Waals surface area contributed by atoms with Crippen molar-refractivity contribution in [2.24, 2.45) is 0 Å². The van der Waals surface area contributed by atoms with Crippen LogP contribution in [0.15, 0.2) is 40.8 Å². The summed E-state index contributed by atoms with van der Waals surface area (Å²) in [6.45, 7) is 3.83. The van der Waals surface area contributed by atoms with Gasteiger partial charge in [0.05, 0.1) is 23.6 Å². The van der Waals surface area contributed by atoms with Crippen LogP contribution in [0.4, 0.5) is 4.39 Å². The van der Waals surface area contributed by atoms with Crippen molar-refractivity contribution in [1.82, 2.24) is 14.5 Å². The molecular formula is C21H20FN3O2S. The van der Waals surface area contributed by atoms with Gasteiger partial charge in [0.2, 0.25) is 0 Å². The first-order chi connectivity index (χ1) is 13.5. The lowest BCUT2D eigenvalue weighted by molar-refractivity contribution is -0.121. The van der Waals surface area contributed by atoms with E-state index in [-0.39, 0.29) is 23.2 Å². The molecule has 2 heterocycles. The highest BCUT2D eigenvalue weighted by molar-refractivity contribution is 7.13. The Hall–Kier alpha value is -2.67. The summed E-state index contributed by atoms with van der Waals surface area (Å²) in [4.78, 5) is 34.6. The molecular weight excluding hydrogens is 377 g/mol. The number of rotatable bonds is 4. The molecule has 1 atom stereocenters. The average molecular weight is 397 g/mol. The fourth-order valence-electron chi connectivity index (χ4n) is 3.59. The highest BCUT2D eigenvalue weighted by Crippen LogP contribution is 2.31. The molecule has 1 unspecified atom stereocenters. The zero-order valence-corrected chi connectivity index (χ0v) is 16.5. The smallest absolute Gasteiger partial charge is 0.257 e. The summed E-state index contributed by atoms with van der Waals surface area (Å²) in [6.07, 6.45) is 2.77. The van der Waals surface area contributed by atoms with Gasteiger partial charge in [0.15, 0.2) is 0 Å². The number of nitrogens with zero attached hydrogens (tertiary/aromatic N) is 3. The molecule has 0 N–H and O–H groups in total. The van der Waals surface area contributed by atoms with Crippen molar-refractivity contribution < 1.29 is 9.18 Å². The van der Waals surface area contributed by atoms with E-state index < -0.39 is 5.92 Å². The standard InChI is InChI=1S/C21H20FN3O2S/c1-12(2)25-11-23-17-7-8-18(26)15(19(17)21(25)27)9-13-10-28-20(24-13)14-5-3-4-6-16(14)22/h3-6,10-12,15H,7-9H2,1-2H3. The number of benzene rings is 1. The van der Waals surface area contributed by atoms with Gasteiger partial charge in [-0.2, -0.15) is 0 Å². The first-order valence-corrected chi connectivity index (χ1v) is 10.2. The second kappa shape index (κ2) is 7.39. The van der Waals surface area contributed by atoms with Crippen molar-refractivity contribution in [1.29, 1.82) is 0 Å². The van der Waals surface area contributed by atoms with Gasteiger partial charge >= 0.3 is 0 Å². The van der Waals surface area contributed by atoms with E-state index in [9.17, 15) is 14.0 Å². The third-order valence-corrected chi connectivity index (χ3v) is 6.01. The van der Waals surface area contributed by atoms with Crippen LogP contribution in [-0.2, 0) is 17.6 Å². The summed E-state index contributed by atoms with van der Waals surface area (Å²) in [5.74, 6) is -0.842. The minimum absolute atomic E-state index is 0.0325. The molecule has 3 aromatic rings. The van der Waals surface area contributed by atoms with Gasteiger partial charge in [-0.15, -0.1) is 11.3 Å². The summed E-state index contributed by atoms with van der Waals surface area (Å²) < 4.78 is 15.6. The molecule has 1 aliphatic carbocycles. The van der Waals surface area contributed by atoms with Gasteiger partial charge in [-0.1, -0.05) is 12.1 Å². The summed E-state index contributed by atoms with van der Waals surface area (Å²) >= 11 is 1.34. The van der Waals surface area contributed by atoms with Crippen molar-refractivity contribution in [3.63, 3.8) is 0 Å². The predicted molar refractivity (Wildman–Crippen MR) is 106 cm³/mol. The zero-order chi connectivity index (χ0) is 19.8. The Labute approximate surface area is 165 Å². The molecule has 1 aromatic carbocycles. The van der Waals surface area contributed by atoms with Crippen LogP contribution in [0.5, 0.6) is 0 Å². The van der Waals surface area contributed by atoms with Crippen LogP contribution in [0.1, 0.15) is 49.2 Å². The van der Waals surface area contributed by atoms with Crippen LogP contribution in [0, 0.1) is 5.82 Å². The number of halogens is 1. The number of hydrogen-bond donors (Lipinski definition) is 0. The number of hydrogen-bond acceptors (Lipinski definition) is 5. The number of aromatic nitrogens is 3. The molecule has 0 amide bonds. The quantitative estimate of drug-likeness (QED) is 0.669. The van der Waals surface area contributed by atoms with Crippen LogP contribution in [-0.4, -0.2) is 20.3 Å². The predicted octanol–water partition coefficient (Wildman–Crippen LogP) is 3.93. The van der Waals surface area contributed by atoms with E-state index in [1.54, 1.807) is 29.1 Å². The molecule has 0 saturated carbocycles. The first-order valence-electron chi connectivity index (χ1n) is 9.27. The highest BCUT2D eigenvalue weighted by Gasteiger charge is 2.33. The molecule has 0 aliphatic heterocycles. The van der Waals surface area contributed by atoms with Gasteiger partial charge in [0.1, 0.15) is 16.6 Å². The highest BCUT2D eigenvalue weighted by atomic mass is 32.1. The second-order valence-electron chi connectivity index (χ2n) is 7.26. The number of Topliss-reactive ketones (excluding diaryl/α,β-unsaturated/α-hetero) is 1. The fourth-order valence-corrected chi connectivity index (χ4v) is 4.45. The van der Waals surface area contributed by atoms with E-state index in [2.05, 4.69) is 9.97 Å². The maximum atomic E-state index is 14.0. The summed E-state index contributed by atoms with van der Waals surface area (Å²) in [5.41, 5.74) is 2.18. The Morgan fingerprint density at radius 1 is 1.25 bits per heavy atom. The first kappa shape index (κ1) is 18.7. The van der Waals surface area contributed by atoms with Crippen molar-refractivity contribution in [3.05, 3.63) is 69.1 Å². The normalized spacial score (nSPS) is 16.4. The van der Waals surface area contributed by atoms with Gasteiger partial charge < -0.3 is 0 Å². The third kappa shape index (κ3) is 3.30. The molecule has 4 rings (SSSR count). The van der Waals surface area contributed by atoms with Crippen LogP contribution in [0.2, 0.25) is 0 Å². The molecule has 7 heteroatoms. The molecule has 1 aliphatic rings. The Morgan fingerprint density at radius 2 is 2.04 bits per heavy atom. The largest absolute Gasteiger partial charge is 0.299 e. The van der Waals surface area contributed by atoms with Crippen molar-refractivity contribution in [3.8, 4) is 10.6 Å². The Balaban J connectivity index is 1.70. The summed E-state index contributed by atoms with van der Waals surface area (Å²) in [6, 6.07) is 6.45. The Kier molecular flexibility index (Phi) is 4.93. The lowest BCUT2D eigenvalue weighted by Crippen LogP contribution is -2.35. The number of thiazole rings is 1. The second-order valence-corrected chi connectivity index (χ2v) is 8.12. The molecule has 28 heavy (non-hydrogen) atoms. The number of ketones is 1. The molecule has 0 saturated heterocycles. The fraction of sp³-hybridized carbons (Fsp3) is 0.333. The van der Waals surface area contributed by atoms with E-state index in [0.29, 0.717) is 46.8 Å². The van der Waals surface area contributed by atoms with Gasteiger partial charge in [0, 0.05) is 35.4 Å². The van der Waals surface area contributed by atoms with Crippen molar-refractivity contribution >= 4 is 17.1 Å². The van der Waals surface area contributed by atoms with E-state index >= 15 is 0 Å². The van der Waals surface area contributed by atoms with E-state index in [0.717, 1.165) is 0 Å². The topological polar surface area (TPSA) is 64.8 Å². The number of aryl methyl sites for hydroxylation is 1. The maximum Gasteiger partial charge on any atom is 0.257 e. The van der Waals surface area contributed by atoms with E-state index in [1.807, 2.05) is 19.2 Å². The zero-order valence-electron chi connectivity index (χ0n) is 15.7. The summed E-state index contributed by atoms with van der Waals surface area (Å²) in [5, 5.41) is 2.41. The SMILES string of the molecule is CC(C)n1cnc2c(c1=O)C(Cc1csc(-c3ccccc3F)n1)C(=O)CC2. The average Bonchev–Trinajstić information content (AvgIpc) is 3.12. The van der Waals surface area contributed by atoms with Gasteiger partial charge in [-0.05, 0) is 32.4 Å². The molecule has 0 spiro atoms. The number of carbonyl (C=O) groups is 1. The van der Waals surface area contributed by atoms with Crippen molar-refractivity contribution in [2.75, 3.05) is 0 Å². The van der Waals surface area contributed by atoms with E-state index in [1.165, 1.54) is 17.4 Å². The molecule has 0 radical (unpaired) electrons.